The van der Waals surface area contributed by atoms with Crippen molar-refractivity contribution in [1.29, 1.82) is 0 Å². The molecule has 1 fully saturated rings. The van der Waals surface area contributed by atoms with Crippen molar-refractivity contribution in [3.8, 4) is 11.5 Å². The molecule has 5 N–H and O–H groups in total. The number of carbonyl (C=O) groups excluding carboxylic acids is 2. The normalized spacial score (nSPS) is 15.2. The molecule has 0 spiro atoms. The summed E-state index contributed by atoms with van der Waals surface area (Å²) in [5.41, 5.74) is 11.0. The van der Waals surface area contributed by atoms with Gasteiger partial charge in [0.05, 0.1) is 12.6 Å². The van der Waals surface area contributed by atoms with Gasteiger partial charge in [-0.3, -0.25) is 9.59 Å². The molecule has 1 aromatic carbocycles. The van der Waals surface area contributed by atoms with E-state index in [1.807, 2.05) is 0 Å². The largest absolute Gasteiger partial charge is 0.493 e. The van der Waals surface area contributed by atoms with E-state index in [2.05, 4.69) is 5.32 Å². The summed E-state index contributed by atoms with van der Waals surface area (Å²) in [6, 6.07) is 4.78. The van der Waals surface area contributed by atoms with Gasteiger partial charge in [0.25, 0.3) is 11.8 Å². The molecule has 1 saturated carbocycles. The number of benzene rings is 1. The zero-order valence-electron chi connectivity index (χ0n) is 13.7. The van der Waals surface area contributed by atoms with Crippen molar-refractivity contribution in [2.24, 2.45) is 11.5 Å². The summed E-state index contributed by atoms with van der Waals surface area (Å²) >= 11 is 0. The number of rotatable bonds is 7. The molecule has 0 aromatic heterocycles. The molecule has 134 valence electrons. The lowest BCUT2D eigenvalue weighted by Gasteiger charge is -2.28. The second-order valence-electron chi connectivity index (χ2n) is 5.77. The molecule has 0 bridgehead atoms. The summed E-state index contributed by atoms with van der Waals surface area (Å²) in [7, 11) is 1.46. The standard InChI is InChI=1S/C16H23N3O4.ClH/c1-22-13-8-11(4-5-12(13)23-9-14(18)20)15(21)19-16(10-17)6-2-3-7-16;/h4-5,8H,2-3,6-7,9-10,17H2,1H3,(H2,18,20)(H,19,21);1H. The van der Waals surface area contributed by atoms with Crippen LogP contribution >= 0.6 is 12.4 Å². The first-order valence-electron chi connectivity index (χ1n) is 7.61. The molecule has 0 atom stereocenters. The van der Waals surface area contributed by atoms with Crippen LogP contribution in [0.4, 0.5) is 0 Å². The molecular formula is C16H24ClN3O4. The molecule has 1 aromatic rings. The minimum Gasteiger partial charge on any atom is -0.493 e. The Bertz CT molecular complexity index is 589. The number of ether oxygens (including phenoxy) is 2. The van der Waals surface area contributed by atoms with E-state index in [0.717, 1.165) is 25.7 Å². The monoisotopic (exact) mass is 357 g/mol. The average molecular weight is 358 g/mol. The Balaban J connectivity index is 0.00000288. The van der Waals surface area contributed by atoms with Crippen LogP contribution in [0, 0.1) is 0 Å². The number of amides is 2. The molecule has 8 heteroatoms. The van der Waals surface area contributed by atoms with Crippen molar-refractivity contribution < 1.29 is 19.1 Å². The maximum absolute atomic E-state index is 12.5. The van der Waals surface area contributed by atoms with E-state index in [4.69, 9.17) is 20.9 Å². The van der Waals surface area contributed by atoms with Gasteiger partial charge in [0.1, 0.15) is 0 Å². The molecule has 2 rings (SSSR count). The van der Waals surface area contributed by atoms with E-state index in [9.17, 15) is 9.59 Å². The van der Waals surface area contributed by atoms with Crippen molar-refractivity contribution >= 4 is 24.2 Å². The van der Waals surface area contributed by atoms with Crippen LogP contribution in [0.1, 0.15) is 36.0 Å². The minimum absolute atomic E-state index is 0. The Kier molecular flexibility index (Phi) is 7.31. The van der Waals surface area contributed by atoms with Crippen molar-refractivity contribution in [2.75, 3.05) is 20.3 Å². The van der Waals surface area contributed by atoms with E-state index >= 15 is 0 Å². The average Bonchev–Trinajstić information content (AvgIpc) is 3.01. The number of nitrogens with two attached hydrogens (primary N) is 2. The van der Waals surface area contributed by atoms with Crippen molar-refractivity contribution in [1.82, 2.24) is 5.32 Å². The third-order valence-corrected chi connectivity index (χ3v) is 4.13. The minimum atomic E-state index is -0.583. The zero-order chi connectivity index (χ0) is 16.9. The van der Waals surface area contributed by atoms with E-state index in [-0.39, 0.29) is 30.5 Å². The molecule has 7 nitrogen and oxygen atoms in total. The summed E-state index contributed by atoms with van der Waals surface area (Å²) in [5, 5.41) is 3.04. The number of methoxy groups -OCH3 is 1. The predicted molar refractivity (Wildman–Crippen MR) is 92.7 cm³/mol. The third-order valence-electron chi connectivity index (χ3n) is 4.13. The Hall–Kier alpha value is -1.99. The lowest BCUT2D eigenvalue weighted by Crippen LogP contribution is -2.51. The summed E-state index contributed by atoms with van der Waals surface area (Å²) < 4.78 is 10.5. The van der Waals surface area contributed by atoms with Gasteiger partial charge >= 0.3 is 0 Å². The number of primary amides is 1. The van der Waals surface area contributed by atoms with E-state index in [1.54, 1.807) is 18.2 Å². The van der Waals surface area contributed by atoms with Gasteiger partial charge < -0.3 is 26.3 Å². The lowest BCUT2D eigenvalue weighted by atomic mass is 9.97. The molecule has 0 heterocycles. The lowest BCUT2D eigenvalue weighted by molar-refractivity contribution is -0.119. The molecule has 0 unspecified atom stereocenters. The fourth-order valence-corrected chi connectivity index (χ4v) is 2.82. The predicted octanol–water partition coefficient (Wildman–Crippen LogP) is 0.982. The number of hydrogen-bond acceptors (Lipinski definition) is 5. The summed E-state index contributed by atoms with van der Waals surface area (Å²) in [5.74, 6) is -0.0542. The van der Waals surface area contributed by atoms with E-state index in [1.165, 1.54) is 7.11 Å². The first-order valence-corrected chi connectivity index (χ1v) is 7.61. The Morgan fingerprint density at radius 3 is 2.46 bits per heavy atom. The Morgan fingerprint density at radius 2 is 1.92 bits per heavy atom. The number of carbonyl (C=O) groups is 2. The molecule has 2 amide bonds. The van der Waals surface area contributed by atoms with Crippen LogP contribution in [0.25, 0.3) is 0 Å². The maximum atomic E-state index is 12.5. The van der Waals surface area contributed by atoms with Crippen LogP contribution in [-0.2, 0) is 4.79 Å². The molecule has 0 aliphatic heterocycles. The highest BCUT2D eigenvalue weighted by Gasteiger charge is 2.34. The Morgan fingerprint density at radius 1 is 1.25 bits per heavy atom. The van der Waals surface area contributed by atoms with E-state index < -0.39 is 5.91 Å². The molecular weight excluding hydrogens is 334 g/mol. The van der Waals surface area contributed by atoms with Crippen LogP contribution in [0.2, 0.25) is 0 Å². The van der Waals surface area contributed by atoms with Gasteiger partial charge in [-0.2, -0.15) is 0 Å². The smallest absolute Gasteiger partial charge is 0.255 e. The van der Waals surface area contributed by atoms with E-state index in [0.29, 0.717) is 23.6 Å². The second-order valence-corrected chi connectivity index (χ2v) is 5.77. The molecule has 1 aliphatic rings. The topological polar surface area (TPSA) is 117 Å². The summed E-state index contributed by atoms with van der Waals surface area (Å²) in [6.07, 6.45) is 3.93. The van der Waals surface area contributed by atoms with Crippen molar-refractivity contribution in [3.05, 3.63) is 23.8 Å². The van der Waals surface area contributed by atoms with Gasteiger partial charge in [-0.15, -0.1) is 12.4 Å². The third kappa shape index (κ3) is 4.75. The maximum Gasteiger partial charge on any atom is 0.255 e. The highest BCUT2D eigenvalue weighted by Crippen LogP contribution is 2.31. The van der Waals surface area contributed by atoms with Gasteiger partial charge in [0.2, 0.25) is 0 Å². The van der Waals surface area contributed by atoms with Crippen LogP contribution in [0.5, 0.6) is 11.5 Å². The van der Waals surface area contributed by atoms with Crippen molar-refractivity contribution in [3.63, 3.8) is 0 Å². The zero-order valence-corrected chi connectivity index (χ0v) is 14.5. The molecule has 0 radical (unpaired) electrons. The fraction of sp³-hybridized carbons (Fsp3) is 0.500. The van der Waals surface area contributed by atoms with Crippen LogP contribution in [0.3, 0.4) is 0 Å². The van der Waals surface area contributed by atoms with Gasteiger partial charge in [-0.05, 0) is 31.0 Å². The SMILES string of the molecule is COc1cc(C(=O)NC2(CN)CCCC2)ccc1OCC(N)=O.Cl. The Labute approximate surface area is 147 Å². The van der Waals surface area contributed by atoms with Crippen LogP contribution in [-0.4, -0.2) is 37.6 Å². The van der Waals surface area contributed by atoms with Gasteiger partial charge in [0, 0.05) is 12.1 Å². The first kappa shape index (κ1) is 20.1. The van der Waals surface area contributed by atoms with Crippen molar-refractivity contribution in [2.45, 2.75) is 31.2 Å². The highest BCUT2D eigenvalue weighted by atomic mass is 35.5. The fourth-order valence-electron chi connectivity index (χ4n) is 2.82. The number of hydrogen-bond donors (Lipinski definition) is 3. The first-order chi connectivity index (χ1) is 11.0. The molecule has 1 aliphatic carbocycles. The summed E-state index contributed by atoms with van der Waals surface area (Å²) in [4.78, 5) is 23.3. The quantitative estimate of drug-likeness (QED) is 0.672. The van der Waals surface area contributed by atoms with Gasteiger partial charge in [0.15, 0.2) is 18.1 Å². The second kappa shape index (κ2) is 8.75. The number of nitrogens with one attached hydrogen (secondary N) is 1. The van der Waals surface area contributed by atoms with Gasteiger partial charge in [-0.25, -0.2) is 0 Å². The summed E-state index contributed by atoms with van der Waals surface area (Å²) in [6.45, 7) is 0.174. The number of halogens is 1. The van der Waals surface area contributed by atoms with Crippen LogP contribution in [0.15, 0.2) is 18.2 Å². The van der Waals surface area contributed by atoms with Crippen LogP contribution < -0.4 is 26.3 Å². The van der Waals surface area contributed by atoms with Gasteiger partial charge in [-0.1, -0.05) is 12.8 Å². The highest BCUT2D eigenvalue weighted by molar-refractivity contribution is 5.95. The molecule has 24 heavy (non-hydrogen) atoms. The molecule has 0 saturated heterocycles.